The van der Waals surface area contributed by atoms with Gasteiger partial charge in [-0.1, -0.05) is 0 Å². The smallest absolute Gasteiger partial charge is 0.453 e. The summed E-state index contributed by atoms with van der Waals surface area (Å²) in [7, 11) is 1.43. The standard InChI is InChI=1S/C26H26F3NO7/c1-3-35-25(33)15-5-4-12-30(13-15)14-19-20(31)11-10-18-21(32)23(24(26(27,28)29)37-22(18)19)36-17-8-6-16(34-2)7-9-17/h6-11,15,31H,3-5,12-14H2,1-2H3. The number of carbonyl (C=O) groups is 1. The van der Waals surface area contributed by atoms with E-state index >= 15 is 0 Å². The molecule has 3 aromatic rings. The molecule has 1 N–H and O–H groups in total. The van der Waals surface area contributed by atoms with Crippen molar-refractivity contribution in [1.29, 1.82) is 0 Å². The molecule has 2 aromatic carbocycles. The Bertz CT molecular complexity index is 1340. The van der Waals surface area contributed by atoms with Crippen LogP contribution in [-0.2, 0) is 22.3 Å². The van der Waals surface area contributed by atoms with Crippen LogP contribution >= 0.6 is 0 Å². The van der Waals surface area contributed by atoms with Crippen LogP contribution in [0.4, 0.5) is 13.2 Å². The van der Waals surface area contributed by atoms with E-state index in [4.69, 9.17) is 18.6 Å². The van der Waals surface area contributed by atoms with E-state index in [1.54, 1.807) is 6.92 Å². The summed E-state index contributed by atoms with van der Waals surface area (Å²) in [6.07, 6.45) is -3.78. The number of fused-ring (bicyclic) bond motifs is 1. The van der Waals surface area contributed by atoms with E-state index in [1.165, 1.54) is 43.5 Å². The zero-order valence-electron chi connectivity index (χ0n) is 20.3. The van der Waals surface area contributed by atoms with E-state index < -0.39 is 34.6 Å². The fourth-order valence-electron chi connectivity index (χ4n) is 4.36. The van der Waals surface area contributed by atoms with Gasteiger partial charge < -0.3 is 23.7 Å². The average molecular weight is 521 g/mol. The highest BCUT2D eigenvalue weighted by atomic mass is 19.4. The Hall–Kier alpha value is -3.73. The zero-order chi connectivity index (χ0) is 26.7. The van der Waals surface area contributed by atoms with Gasteiger partial charge >= 0.3 is 12.1 Å². The van der Waals surface area contributed by atoms with E-state index in [1.807, 2.05) is 4.90 Å². The second kappa shape index (κ2) is 10.7. The molecule has 8 nitrogen and oxygen atoms in total. The zero-order valence-corrected chi connectivity index (χ0v) is 20.3. The molecule has 37 heavy (non-hydrogen) atoms. The Balaban J connectivity index is 1.75. The van der Waals surface area contributed by atoms with Crippen LogP contribution in [0.2, 0.25) is 0 Å². The molecule has 1 saturated heterocycles. The van der Waals surface area contributed by atoms with Crippen LogP contribution in [-0.4, -0.2) is 42.8 Å². The molecule has 0 spiro atoms. The first kappa shape index (κ1) is 26.3. The molecule has 1 aromatic heterocycles. The number of carbonyl (C=O) groups excluding carboxylic acids is 1. The fraction of sp³-hybridized carbons (Fsp3) is 0.385. The predicted octanol–water partition coefficient (Wildman–Crippen LogP) is 5.09. The topological polar surface area (TPSA) is 98.4 Å². The van der Waals surface area contributed by atoms with Crippen LogP contribution in [0, 0.1) is 5.92 Å². The second-order valence-electron chi connectivity index (χ2n) is 8.63. The molecule has 0 radical (unpaired) electrons. The third-order valence-corrected chi connectivity index (χ3v) is 6.14. The maximum atomic E-state index is 14.0. The number of hydrogen-bond acceptors (Lipinski definition) is 8. The average Bonchev–Trinajstić information content (AvgIpc) is 2.87. The van der Waals surface area contributed by atoms with Gasteiger partial charge in [-0.3, -0.25) is 14.5 Å². The summed E-state index contributed by atoms with van der Waals surface area (Å²) in [6, 6.07) is 8.10. The minimum Gasteiger partial charge on any atom is -0.507 e. The van der Waals surface area contributed by atoms with Crippen molar-refractivity contribution in [2.75, 3.05) is 26.8 Å². The Morgan fingerprint density at radius 2 is 1.86 bits per heavy atom. The van der Waals surface area contributed by atoms with E-state index in [-0.39, 0.29) is 41.6 Å². The maximum absolute atomic E-state index is 14.0. The van der Waals surface area contributed by atoms with Crippen LogP contribution < -0.4 is 14.9 Å². The van der Waals surface area contributed by atoms with Crippen molar-refractivity contribution in [2.24, 2.45) is 5.92 Å². The molecule has 1 unspecified atom stereocenters. The molecular formula is C26H26F3NO7. The number of methoxy groups -OCH3 is 1. The quantitative estimate of drug-likeness (QED) is 0.429. The molecule has 198 valence electrons. The van der Waals surface area contributed by atoms with Gasteiger partial charge in [-0.05, 0) is 62.7 Å². The third-order valence-electron chi connectivity index (χ3n) is 6.14. The number of halogens is 3. The normalized spacial score (nSPS) is 16.5. The number of hydrogen-bond donors (Lipinski definition) is 1. The second-order valence-corrected chi connectivity index (χ2v) is 8.63. The van der Waals surface area contributed by atoms with Crippen molar-refractivity contribution in [3.8, 4) is 23.0 Å². The minimum absolute atomic E-state index is 0.0145. The number of rotatable bonds is 7. The number of likely N-dealkylation sites (tertiary alicyclic amines) is 1. The van der Waals surface area contributed by atoms with Gasteiger partial charge in [-0.25, -0.2) is 0 Å². The SMILES string of the molecule is CCOC(=O)C1CCCN(Cc2c(O)ccc3c(=O)c(Oc4ccc(OC)cc4)c(C(F)(F)F)oc23)C1. The number of aromatic hydroxyl groups is 1. The highest BCUT2D eigenvalue weighted by Crippen LogP contribution is 2.40. The highest BCUT2D eigenvalue weighted by Gasteiger charge is 2.41. The van der Waals surface area contributed by atoms with Gasteiger partial charge in [-0.15, -0.1) is 0 Å². The van der Waals surface area contributed by atoms with E-state index in [2.05, 4.69) is 0 Å². The maximum Gasteiger partial charge on any atom is 0.453 e. The van der Waals surface area contributed by atoms with E-state index in [9.17, 15) is 27.9 Å². The van der Waals surface area contributed by atoms with Crippen molar-refractivity contribution in [3.63, 3.8) is 0 Å². The van der Waals surface area contributed by atoms with Crippen molar-refractivity contribution >= 4 is 16.9 Å². The summed E-state index contributed by atoms with van der Waals surface area (Å²) in [5.41, 5.74) is -1.41. The number of ether oxygens (including phenoxy) is 3. The lowest BCUT2D eigenvalue weighted by atomic mass is 9.97. The van der Waals surface area contributed by atoms with Crippen LogP contribution in [0.3, 0.4) is 0 Å². The van der Waals surface area contributed by atoms with Gasteiger partial charge in [-0.2, -0.15) is 13.2 Å². The Morgan fingerprint density at radius 3 is 2.51 bits per heavy atom. The van der Waals surface area contributed by atoms with Gasteiger partial charge in [0.25, 0.3) is 5.76 Å². The number of benzene rings is 2. The molecule has 4 rings (SSSR count). The van der Waals surface area contributed by atoms with Crippen LogP contribution in [0.5, 0.6) is 23.0 Å². The molecule has 1 aliphatic rings. The molecule has 0 aliphatic carbocycles. The van der Waals surface area contributed by atoms with Crippen molar-refractivity contribution < 1.29 is 41.7 Å². The molecule has 0 amide bonds. The summed E-state index contributed by atoms with van der Waals surface area (Å²) in [4.78, 5) is 27.2. The van der Waals surface area contributed by atoms with E-state index in [0.717, 1.165) is 0 Å². The fourth-order valence-corrected chi connectivity index (χ4v) is 4.36. The van der Waals surface area contributed by atoms with Gasteiger partial charge in [0.2, 0.25) is 11.2 Å². The first-order chi connectivity index (χ1) is 17.6. The van der Waals surface area contributed by atoms with E-state index in [0.29, 0.717) is 31.7 Å². The number of phenols is 1. The number of nitrogens with zero attached hydrogens (tertiary/aromatic N) is 1. The lowest BCUT2D eigenvalue weighted by molar-refractivity contribution is -0.154. The number of esters is 1. The lowest BCUT2D eigenvalue weighted by Crippen LogP contribution is -2.39. The van der Waals surface area contributed by atoms with Gasteiger partial charge in [0, 0.05) is 13.1 Å². The molecule has 0 saturated carbocycles. The monoisotopic (exact) mass is 521 g/mol. The Morgan fingerprint density at radius 1 is 1.16 bits per heavy atom. The Labute approximate surface area is 210 Å². The van der Waals surface area contributed by atoms with Crippen LogP contribution in [0.25, 0.3) is 11.0 Å². The lowest BCUT2D eigenvalue weighted by Gasteiger charge is -2.31. The summed E-state index contributed by atoms with van der Waals surface area (Å²) in [6.45, 7) is 2.76. The van der Waals surface area contributed by atoms with Gasteiger partial charge in [0.1, 0.15) is 22.8 Å². The number of phenolic OH excluding ortho intramolecular Hbond substituents is 1. The molecule has 0 bridgehead atoms. The first-order valence-corrected chi connectivity index (χ1v) is 11.7. The molecular weight excluding hydrogens is 495 g/mol. The summed E-state index contributed by atoms with van der Waals surface area (Å²) >= 11 is 0. The minimum atomic E-state index is -5.06. The molecule has 1 aliphatic heterocycles. The van der Waals surface area contributed by atoms with Crippen LogP contribution in [0.15, 0.2) is 45.6 Å². The molecule has 1 fully saturated rings. The third kappa shape index (κ3) is 5.66. The van der Waals surface area contributed by atoms with Crippen molar-refractivity contribution in [3.05, 3.63) is 57.9 Å². The van der Waals surface area contributed by atoms with Gasteiger partial charge in [0.05, 0.1) is 30.6 Å². The summed E-state index contributed by atoms with van der Waals surface area (Å²) in [5.74, 6) is -3.26. The summed E-state index contributed by atoms with van der Waals surface area (Å²) < 4.78 is 62.8. The predicted molar refractivity (Wildman–Crippen MR) is 127 cm³/mol. The van der Waals surface area contributed by atoms with Crippen molar-refractivity contribution in [2.45, 2.75) is 32.5 Å². The summed E-state index contributed by atoms with van der Waals surface area (Å²) in [5, 5.41) is 10.4. The highest BCUT2D eigenvalue weighted by molar-refractivity contribution is 5.83. The number of piperidine rings is 1. The van der Waals surface area contributed by atoms with Crippen molar-refractivity contribution in [1.82, 2.24) is 4.90 Å². The van der Waals surface area contributed by atoms with Crippen LogP contribution in [0.1, 0.15) is 31.1 Å². The first-order valence-electron chi connectivity index (χ1n) is 11.7. The molecule has 11 heteroatoms. The molecule has 2 heterocycles. The molecule has 1 atom stereocenters. The number of alkyl halides is 3. The largest absolute Gasteiger partial charge is 0.507 e. The van der Waals surface area contributed by atoms with Gasteiger partial charge in [0.15, 0.2) is 0 Å². The Kier molecular flexibility index (Phi) is 7.63.